The second-order valence-electron chi connectivity index (χ2n) is 30.7. The number of fused-ring (bicyclic) bond motifs is 7. The van der Waals surface area contributed by atoms with Crippen molar-refractivity contribution in [2.24, 2.45) is 5.73 Å². The molecule has 54 heteroatoms. The second kappa shape index (κ2) is 47.5. The molecule has 18 aromatic rings. The highest BCUT2D eigenvalue weighted by atomic mass is 35.5. The summed E-state index contributed by atoms with van der Waals surface area (Å²) in [6.45, 7) is 8.75. The summed E-state index contributed by atoms with van der Waals surface area (Å²) in [5, 5.41) is 45.3. The molecule has 141 heavy (non-hydrogen) atoms. The number of rotatable bonds is 11. The molecule has 20 rings (SSSR count). The highest BCUT2D eigenvalue weighted by molar-refractivity contribution is 7.24. The molecule has 0 saturated carbocycles. The molecule has 2 atom stereocenters. The number of alkyl carbamates (subject to hydrolysis) is 1. The first-order valence-corrected chi connectivity index (χ1v) is 50.9. The topological polar surface area (TPSA) is 545 Å². The number of anilines is 3. The van der Waals surface area contributed by atoms with E-state index in [2.05, 4.69) is 73.0 Å². The number of nitrogens with two attached hydrogens (primary N) is 2. The Balaban J connectivity index is 0.000000141. The van der Waals surface area contributed by atoms with Crippen LogP contribution in [0.1, 0.15) is 89.5 Å². The first-order chi connectivity index (χ1) is 67.2. The van der Waals surface area contributed by atoms with Gasteiger partial charge in [0.25, 0.3) is 33.4 Å². The lowest BCUT2D eigenvalue weighted by molar-refractivity contribution is -0.380. The van der Waals surface area contributed by atoms with Crippen molar-refractivity contribution in [3.05, 3.63) is 306 Å². The quantitative estimate of drug-likeness (QED) is 0.0196. The van der Waals surface area contributed by atoms with Crippen LogP contribution in [0, 0.1) is 44.1 Å². The molecule has 0 spiro atoms. The van der Waals surface area contributed by atoms with E-state index in [4.69, 9.17) is 136 Å². The number of thiophene rings is 8. The van der Waals surface area contributed by atoms with E-state index in [0.717, 1.165) is 65.5 Å². The van der Waals surface area contributed by atoms with Crippen LogP contribution in [0.2, 0.25) is 42.7 Å². The monoisotopic (exact) mass is 2230 g/mol. The number of amides is 1. The number of nitro groups is 1. The number of hydrogen-bond acceptors (Lipinski definition) is 35. The van der Waals surface area contributed by atoms with Crippen LogP contribution in [-0.4, -0.2) is 136 Å². The van der Waals surface area contributed by atoms with Crippen LogP contribution in [0.3, 0.4) is 0 Å². The predicted octanol–water partition coefficient (Wildman–Crippen LogP) is 18.7. The van der Waals surface area contributed by atoms with Gasteiger partial charge in [-0.15, -0.1) is 79.4 Å². The van der Waals surface area contributed by atoms with Crippen LogP contribution in [0.5, 0.6) is 0 Å². The Labute approximate surface area is 869 Å². The molecule has 15 aromatic heterocycles. The van der Waals surface area contributed by atoms with Gasteiger partial charge >= 0.3 is 28.4 Å². The summed E-state index contributed by atoms with van der Waals surface area (Å²) in [7, 11) is 1.33. The summed E-state index contributed by atoms with van der Waals surface area (Å²) in [6, 6.07) is 40.9. The van der Waals surface area contributed by atoms with Crippen LogP contribution >= 0.6 is 195 Å². The number of carbonyl (C=O) groups is 2. The third kappa shape index (κ3) is 26.9. The smallest absolute Gasteiger partial charge is 0.407 e. The number of ether oxygens (including phenoxy) is 2. The Morgan fingerprint density at radius 3 is 1.45 bits per heavy atom. The van der Waals surface area contributed by atoms with Gasteiger partial charge in [0.2, 0.25) is 27.7 Å². The molecule has 2 aliphatic rings. The maximum atomic E-state index is 13.5. The standard InChI is InChI=1S/C24H26ClN5O3S.C19H18ClN5OS.C14H7Cl2N3OS.C6HCl3N2S.C6H2Cl2N2OS.C6H3N3O4S.C6H4N2O2S.C6H7NO2S/c1-24(2,3)33-23(32)27-17-9-6-10-29(14-17)22-28-18-11-19(25)34-20(18)21(31)30(22)13-16-8-5-4-7-15(16)12-26;20-16-8-15-17(27-16)18(26)25(10-13-5-2-1-4-12(13)9-21)19(23-15)24-7-3-6-14(22)11-24;15-11-5-10-12(21-11)13(20)19(14(16)18-10)7-9-4-2-1-3-8(9)6-17;7-3-1-2-4(12-3)5(8)11-6(9)10-2;7-3-1-2-4(12-3)5(11)10-6(8)9-2;10-5-4-2(7-6(11)8-5)1-3(14-4)9(12)13;9-5-4-3(1-2-11-4)7-6(10)8-5;1-9-6(8)5-4(7)2-3-10-5/h4-5,7-8,11,17H,6,9-10,13-14H2,1-3H3,(H,27,32);1-2,4-5,8,14H,3,6-7,10-11,22H2;1-5H,7H2;1H;1H,(H,9,10,11);1H,(H2,7,8,10,11);1-2H,(H2,7,8,9,10);2-3H,7H2,1H3/t17-;14-;;;;;;/m00....../s1. The van der Waals surface area contributed by atoms with E-state index >= 15 is 0 Å². The van der Waals surface area contributed by atoms with E-state index in [-0.39, 0.29) is 96.6 Å². The summed E-state index contributed by atoms with van der Waals surface area (Å²) >= 11 is 62.1. The normalized spacial score (nSPS) is 13.2. The molecule has 17 heterocycles. The Bertz CT molecular complexity index is 8460. The number of nitrogen functional groups attached to an aromatic ring is 1. The number of methoxy groups -OCH3 is 1. The molecule has 0 radical (unpaired) electrons. The number of benzene rings is 3. The van der Waals surface area contributed by atoms with Crippen molar-refractivity contribution in [3.63, 3.8) is 0 Å². The van der Waals surface area contributed by atoms with Gasteiger partial charge in [0.05, 0.1) is 143 Å². The number of nitriles is 3. The Morgan fingerprint density at radius 1 is 0.518 bits per heavy atom. The van der Waals surface area contributed by atoms with Crippen molar-refractivity contribution in [3.8, 4) is 18.2 Å². The fraction of sp³-hybridized carbons (Fsp3) is 0.207. The molecule has 0 aliphatic carbocycles. The molecule has 0 bridgehead atoms. The zero-order chi connectivity index (χ0) is 102. The van der Waals surface area contributed by atoms with Crippen molar-refractivity contribution in [2.75, 3.05) is 48.8 Å². The van der Waals surface area contributed by atoms with E-state index in [1.165, 1.54) is 91.0 Å². The Morgan fingerprint density at radius 2 is 0.957 bits per heavy atom. The third-order valence-corrected chi connectivity index (χ3v) is 30.0. The van der Waals surface area contributed by atoms with Gasteiger partial charge in [0.1, 0.15) is 38.7 Å². The molecule has 2 fully saturated rings. The lowest BCUT2D eigenvalue weighted by atomic mass is 10.1. The SMILES string of the molecule is CC(C)(C)OC(=O)N[C@H]1CCCN(c2nc3cc(Cl)sc3c(=O)n2Cc2ccccc2C#N)C1.COC(=O)c1sccc1N.Clc1nc(Cl)c2sc(Cl)cc2n1.N#Cc1ccccc1Cn1c(Cl)nc2cc(Cl)sc2c1=O.N#Cc1ccccc1Cn1c(N2CCC[C@H](N)C2)nc2cc(Cl)sc2c1=O.O=c1[nH]c(=O)c2sc([N+](=O)[O-])cc2[nH]1.O=c1[nH]c(=O)c2sccc2[nH]1.O=c1[nH]c(Cl)nc2cc(Cl)sc12. The maximum Gasteiger partial charge on any atom is 0.407 e. The van der Waals surface area contributed by atoms with E-state index in [9.17, 15) is 68.6 Å². The minimum atomic E-state index is -0.671. The molecule has 10 N–H and O–H groups in total. The first-order valence-electron chi connectivity index (χ1n) is 40.8. The molecule has 3 aromatic carbocycles. The van der Waals surface area contributed by atoms with E-state index in [0.29, 0.717) is 148 Å². The van der Waals surface area contributed by atoms with E-state index in [1.807, 2.05) is 67.1 Å². The van der Waals surface area contributed by atoms with Gasteiger partial charge in [-0.1, -0.05) is 136 Å². The van der Waals surface area contributed by atoms with Crippen molar-refractivity contribution < 1.29 is 24.0 Å². The van der Waals surface area contributed by atoms with Crippen molar-refractivity contribution in [1.82, 2.24) is 73.8 Å². The number of piperidine rings is 2. The minimum absolute atomic E-state index is 0.0530. The number of nitrogens with one attached hydrogen (secondary N) is 6. The van der Waals surface area contributed by atoms with E-state index in [1.54, 1.807) is 98.8 Å². The number of aromatic nitrogens is 14. The number of carbonyl (C=O) groups excluding carboxylic acids is 2. The third-order valence-electron chi connectivity index (χ3n) is 19.9. The van der Waals surface area contributed by atoms with Crippen LogP contribution in [0.4, 0.5) is 27.4 Å². The first kappa shape index (κ1) is 106. The second-order valence-corrected chi connectivity index (χ2v) is 43.4. The van der Waals surface area contributed by atoms with Gasteiger partial charge in [-0.05, 0) is 169 Å². The van der Waals surface area contributed by atoms with Crippen LogP contribution < -0.4 is 71.3 Å². The lowest BCUT2D eigenvalue weighted by Crippen LogP contribution is -2.50. The molecular weight excluding hydrogens is 2170 g/mol. The summed E-state index contributed by atoms with van der Waals surface area (Å²) in [5.74, 6) is 0.716. The highest BCUT2D eigenvalue weighted by Gasteiger charge is 2.30. The highest BCUT2D eigenvalue weighted by Crippen LogP contribution is 2.36. The maximum absolute atomic E-state index is 13.5. The Kier molecular flexibility index (Phi) is 35.7. The number of aromatic amines is 5. The number of H-pyrrole nitrogens is 5. The van der Waals surface area contributed by atoms with Gasteiger partial charge in [-0.25, -0.2) is 49.1 Å². The Hall–Kier alpha value is -12.4. The molecule has 37 nitrogen and oxygen atoms in total. The average Bonchev–Trinajstić information content (AvgIpc) is 1.71. The van der Waals surface area contributed by atoms with Gasteiger partial charge < -0.3 is 46.0 Å². The molecular formula is C87H68Cl9N23O14S8. The zero-order valence-corrected chi connectivity index (χ0v) is 86.2. The summed E-state index contributed by atoms with van der Waals surface area (Å²) < 4.78 is 20.6. The van der Waals surface area contributed by atoms with Crippen LogP contribution in [0.25, 0.3) is 71.5 Å². The minimum Gasteiger partial charge on any atom is -0.465 e. The zero-order valence-electron chi connectivity index (χ0n) is 72.9. The predicted molar refractivity (Wildman–Crippen MR) is 562 cm³/mol. The number of hydrogen-bond donors (Lipinski definition) is 8. The van der Waals surface area contributed by atoms with Gasteiger partial charge in [-0.2, -0.15) is 15.8 Å². The molecule has 0 unspecified atom stereocenters. The summed E-state index contributed by atoms with van der Waals surface area (Å²) in [6.07, 6.45) is 3.06. The van der Waals surface area contributed by atoms with Crippen molar-refractivity contribution >= 4 is 301 Å². The van der Waals surface area contributed by atoms with Crippen molar-refractivity contribution in [1.29, 1.82) is 15.8 Å². The van der Waals surface area contributed by atoms with E-state index < -0.39 is 33.6 Å². The number of nitrogens with zero attached hydrogens (tertiary/aromatic N) is 15. The number of esters is 1. The lowest BCUT2D eigenvalue weighted by Gasteiger charge is -2.35. The van der Waals surface area contributed by atoms with Gasteiger partial charge in [-0.3, -0.25) is 67.5 Å². The molecule has 726 valence electrons. The number of halogens is 9. The average molecular weight is 2240 g/mol. The van der Waals surface area contributed by atoms with Crippen LogP contribution in [-0.2, 0) is 29.1 Å². The van der Waals surface area contributed by atoms with Crippen LogP contribution in [0.15, 0.2) is 170 Å². The van der Waals surface area contributed by atoms with Crippen molar-refractivity contribution in [2.45, 2.75) is 83.8 Å². The fourth-order valence-electron chi connectivity index (χ4n) is 13.8. The molecule has 2 saturated heterocycles. The summed E-state index contributed by atoms with van der Waals surface area (Å²) in [5.41, 5.74) is 16.0. The largest absolute Gasteiger partial charge is 0.465 e. The summed E-state index contributed by atoms with van der Waals surface area (Å²) in [4.78, 5) is 168. The van der Waals surface area contributed by atoms with Gasteiger partial charge in [0.15, 0.2) is 5.15 Å². The molecule has 2 aliphatic heterocycles. The molecule has 1 amide bonds. The van der Waals surface area contributed by atoms with Gasteiger partial charge in [0, 0.05) is 38.3 Å². The fourth-order valence-corrected chi connectivity index (χ4v) is 22.4.